The van der Waals surface area contributed by atoms with Gasteiger partial charge in [-0.25, -0.2) is 0 Å². The van der Waals surface area contributed by atoms with E-state index >= 15 is 0 Å². The molecule has 172 valence electrons. The van der Waals surface area contributed by atoms with Crippen molar-refractivity contribution in [3.8, 4) is 6.07 Å². The maximum absolute atomic E-state index is 12.7. The van der Waals surface area contributed by atoms with E-state index in [0.717, 1.165) is 49.3 Å². The number of benzene rings is 1. The number of nitrogens with zero attached hydrogens (tertiary/aromatic N) is 4. The van der Waals surface area contributed by atoms with Crippen molar-refractivity contribution >= 4 is 17.5 Å². The fourth-order valence-corrected chi connectivity index (χ4v) is 4.56. The molecule has 2 fully saturated rings. The van der Waals surface area contributed by atoms with Crippen LogP contribution in [0, 0.1) is 31.1 Å². The van der Waals surface area contributed by atoms with Gasteiger partial charge in [0, 0.05) is 55.7 Å². The van der Waals surface area contributed by atoms with Crippen molar-refractivity contribution in [1.29, 1.82) is 5.26 Å². The molecule has 0 spiro atoms. The first-order chi connectivity index (χ1) is 15.9. The number of anilines is 1. The van der Waals surface area contributed by atoms with Crippen molar-refractivity contribution in [3.63, 3.8) is 0 Å². The van der Waals surface area contributed by atoms with E-state index in [1.807, 2.05) is 24.8 Å². The fourth-order valence-electron chi connectivity index (χ4n) is 4.56. The number of carbonyl (C=O) groups is 2. The second-order valence-corrected chi connectivity index (χ2v) is 9.31. The Morgan fingerprint density at radius 3 is 2.61 bits per heavy atom. The smallest absolute Gasteiger partial charge is 0.257 e. The molecule has 1 saturated heterocycles. The van der Waals surface area contributed by atoms with Crippen LogP contribution in [0.2, 0.25) is 0 Å². The number of amides is 2. The molecule has 2 heterocycles. The Kier molecular flexibility index (Phi) is 6.75. The highest BCUT2D eigenvalue weighted by Crippen LogP contribution is 2.30. The molecule has 2 aliphatic rings. The van der Waals surface area contributed by atoms with Crippen molar-refractivity contribution in [2.45, 2.75) is 52.6 Å². The van der Waals surface area contributed by atoms with Crippen LogP contribution in [0.5, 0.6) is 0 Å². The summed E-state index contributed by atoms with van der Waals surface area (Å²) in [5.74, 6) is 0.290. The normalized spacial score (nSPS) is 19.0. The SMILES string of the molecule is Cc1ccc(C(=O)Nc2cc(C#N)cc(CN3CCN(C(=O)C4CCC4)C(C)C3)c2C)cn1. The first-order valence-corrected chi connectivity index (χ1v) is 11.7. The van der Waals surface area contributed by atoms with E-state index in [1.165, 1.54) is 6.42 Å². The molecule has 1 atom stereocenters. The van der Waals surface area contributed by atoms with Crippen molar-refractivity contribution in [2.75, 3.05) is 25.0 Å². The number of aryl methyl sites for hydroxylation is 1. The van der Waals surface area contributed by atoms with Crippen molar-refractivity contribution in [1.82, 2.24) is 14.8 Å². The van der Waals surface area contributed by atoms with Gasteiger partial charge in [-0.15, -0.1) is 0 Å². The molecular formula is C26H31N5O2. The number of piperazine rings is 1. The predicted octanol–water partition coefficient (Wildman–Crippen LogP) is 3.66. The molecule has 33 heavy (non-hydrogen) atoms. The van der Waals surface area contributed by atoms with Crippen LogP contribution in [0.25, 0.3) is 0 Å². The predicted molar refractivity (Wildman–Crippen MR) is 127 cm³/mol. The standard InChI is InChI=1S/C26H31N5O2/c1-17-7-8-22(14-28-17)25(32)29-24-12-20(13-27)11-23(19(24)3)16-30-9-10-31(18(2)15-30)26(33)21-5-4-6-21/h7-8,11-12,14,18,21H,4-6,9-10,15-16H2,1-3H3,(H,29,32). The Balaban J connectivity index is 1.46. The van der Waals surface area contributed by atoms with Gasteiger partial charge in [0.25, 0.3) is 5.91 Å². The Labute approximate surface area is 195 Å². The average molecular weight is 446 g/mol. The molecule has 1 aliphatic carbocycles. The summed E-state index contributed by atoms with van der Waals surface area (Å²) < 4.78 is 0. The van der Waals surface area contributed by atoms with Crippen molar-refractivity contribution < 1.29 is 9.59 Å². The number of hydrogen-bond donors (Lipinski definition) is 1. The number of hydrogen-bond acceptors (Lipinski definition) is 5. The van der Waals surface area contributed by atoms with Crippen LogP contribution >= 0.6 is 0 Å². The molecular weight excluding hydrogens is 414 g/mol. The summed E-state index contributed by atoms with van der Waals surface area (Å²) in [7, 11) is 0. The largest absolute Gasteiger partial charge is 0.337 e. The second-order valence-electron chi connectivity index (χ2n) is 9.31. The Bertz CT molecular complexity index is 1090. The summed E-state index contributed by atoms with van der Waals surface area (Å²) >= 11 is 0. The lowest BCUT2D eigenvalue weighted by Crippen LogP contribution is -2.55. The molecule has 0 radical (unpaired) electrons. The van der Waals surface area contributed by atoms with Crippen LogP contribution in [0.3, 0.4) is 0 Å². The first-order valence-electron chi connectivity index (χ1n) is 11.7. The summed E-state index contributed by atoms with van der Waals surface area (Å²) in [5.41, 5.74) is 4.44. The van der Waals surface area contributed by atoms with Gasteiger partial charge in [-0.05, 0) is 69.0 Å². The summed E-state index contributed by atoms with van der Waals surface area (Å²) in [6.07, 6.45) is 4.78. The molecule has 1 aliphatic heterocycles. The Hall–Kier alpha value is -3.24. The first kappa shape index (κ1) is 22.9. The third-order valence-corrected chi connectivity index (χ3v) is 6.91. The summed E-state index contributed by atoms with van der Waals surface area (Å²) in [5, 5.41) is 12.5. The van der Waals surface area contributed by atoms with E-state index in [9.17, 15) is 14.9 Å². The zero-order chi connectivity index (χ0) is 23.5. The highest BCUT2D eigenvalue weighted by atomic mass is 16.2. The maximum atomic E-state index is 12.7. The van der Waals surface area contributed by atoms with E-state index in [1.54, 1.807) is 24.4 Å². The molecule has 2 aromatic rings. The lowest BCUT2D eigenvalue weighted by atomic mass is 9.84. The number of rotatable bonds is 5. The lowest BCUT2D eigenvalue weighted by molar-refractivity contribution is -0.142. The van der Waals surface area contributed by atoms with Gasteiger partial charge < -0.3 is 10.2 Å². The van der Waals surface area contributed by atoms with Gasteiger partial charge in [-0.1, -0.05) is 6.42 Å². The van der Waals surface area contributed by atoms with Crippen LogP contribution in [0.4, 0.5) is 5.69 Å². The molecule has 4 rings (SSSR count). The van der Waals surface area contributed by atoms with Gasteiger partial charge in [-0.2, -0.15) is 5.26 Å². The van der Waals surface area contributed by atoms with Crippen LogP contribution in [-0.4, -0.2) is 52.3 Å². The maximum Gasteiger partial charge on any atom is 0.257 e. The van der Waals surface area contributed by atoms with Gasteiger partial charge in [-0.3, -0.25) is 19.5 Å². The molecule has 1 unspecified atom stereocenters. The van der Waals surface area contributed by atoms with Crippen LogP contribution in [-0.2, 0) is 11.3 Å². The molecule has 2 amide bonds. The van der Waals surface area contributed by atoms with Crippen molar-refractivity contribution in [3.05, 3.63) is 58.4 Å². The monoisotopic (exact) mass is 445 g/mol. The number of pyridine rings is 1. The van der Waals surface area contributed by atoms with Crippen LogP contribution in [0.15, 0.2) is 30.5 Å². The number of carbonyl (C=O) groups excluding carboxylic acids is 2. The molecule has 0 bridgehead atoms. The highest BCUT2D eigenvalue weighted by Gasteiger charge is 2.34. The van der Waals surface area contributed by atoms with E-state index in [4.69, 9.17) is 0 Å². The van der Waals surface area contributed by atoms with E-state index in [2.05, 4.69) is 28.2 Å². The zero-order valence-corrected chi connectivity index (χ0v) is 19.6. The Morgan fingerprint density at radius 1 is 1.21 bits per heavy atom. The van der Waals surface area contributed by atoms with Gasteiger partial charge in [0.05, 0.1) is 17.2 Å². The van der Waals surface area contributed by atoms with E-state index in [0.29, 0.717) is 29.3 Å². The topological polar surface area (TPSA) is 89.3 Å². The van der Waals surface area contributed by atoms with Gasteiger partial charge in [0.15, 0.2) is 0 Å². The summed E-state index contributed by atoms with van der Waals surface area (Å²) in [4.78, 5) is 34.0. The van der Waals surface area contributed by atoms with Gasteiger partial charge in [0.1, 0.15) is 0 Å². The quantitative estimate of drug-likeness (QED) is 0.759. The van der Waals surface area contributed by atoms with E-state index < -0.39 is 0 Å². The molecule has 1 saturated carbocycles. The minimum absolute atomic E-state index is 0.166. The summed E-state index contributed by atoms with van der Waals surface area (Å²) in [6, 6.07) is 9.54. The minimum Gasteiger partial charge on any atom is -0.337 e. The molecule has 7 nitrogen and oxygen atoms in total. The van der Waals surface area contributed by atoms with Gasteiger partial charge >= 0.3 is 0 Å². The minimum atomic E-state index is -0.247. The molecule has 1 aromatic carbocycles. The third-order valence-electron chi connectivity index (χ3n) is 6.91. The third kappa shape index (κ3) is 5.07. The molecule has 1 N–H and O–H groups in total. The Morgan fingerprint density at radius 2 is 2.00 bits per heavy atom. The van der Waals surface area contributed by atoms with Gasteiger partial charge in [0.2, 0.25) is 5.91 Å². The molecule has 7 heteroatoms. The summed E-state index contributed by atoms with van der Waals surface area (Å²) in [6.45, 7) is 8.96. The zero-order valence-electron chi connectivity index (χ0n) is 19.6. The fraction of sp³-hybridized carbons (Fsp3) is 0.462. The van der Waals surface area contributed by atoms with E-state index in [-0.39, 0.29) is 17.9 Å². The number of nitrogens with one attached hydrogen (secondary N) is 1. The van der Waals surface area contributed by atoms with Crippen LogP contribution < -0.4 is 5.32 Å². The highest BCUT2D eigenvalue weighted by molar-refractivity contribution is 6.04. The number of aromatic nitrogens is 1. The average Bonchev–Trinajstić information content (AvgIpc) is 2.75. The lowest BCUT2D eigenvalue weighted by Gasteiger charge is -2.42. The van der Waals surface area contributed by atoms with Crippen molar-refractivity contribution in [2.24, 2.45) is 5.92 Å². The van der Waals surface area contributed by atoms with Crippen LogP contribution in [0.1, 0.15) is 58.9 Å². The number of nitriles is 1. The molecule has 1 aromatic heterocycles. The second kappa shape index (κ2) is 9.72.